The van der Waals surface area contributed by atoms with Crippen molar-refractivity contribution in [3.05, 3.63) is 66.3 Å². The second kappa shape index (κ2) is 4.10. The summed E-state index contributed by atoms with van der Waals surface area (Å²) < 4.78 is 0. The van der Waals surface area contributed by atoms with Gasteiger partial charge in [-0.05, 0) is 17.1 Å². The zero-order chi connectivity index (χ0) is 9.80. The molecule has 1 aromatic carbocycles. The molecule has 1 unspecified atom stereocenters. The van der Waals surface area contributed by atoms with Crippen LogP contribution in [0.15, 0.2) is 60.7 Å². The molecule has 0 N–H and O–H groups in total. The van der Waals surface area contributed by atoms with Crippen molar-refractivity contribution in [2.45, 2.75) is 6.92 Å². The molecule has 1 aromatic rings. The van der Waals surface area contributed by atoms with Crippen LogP contribution in [0, 0.1) is 5.92 Å². The van der Waals surface area contributed by atoms with E-state index in [9.17, 15) is 0 Å². The van der Waals surface area contributed by atoms with Gasteiger partial charge in [-0.3, -0.25) is 0 Å². The first-order chi connectivity index (χ1) is 6.86. The summed E-state index contributed by atoms with van der Waals surface area (Å²) in [5.41, 5.74) is 2.56. The van der Waals surface area contributed by atoms with Gasteiger partial charge in [0.25, 0.3) is 0 Å². The van der Waals surface area contributed by atoms with E-state index in [1.165, 1.54) is 11.1 Å². The molecule has 14 heavy (non-hydrogen) atoms. The van der Waals surface area contributed by atoms with E-state index >= 15 is 0 Å². The highest BCUT2D eigenvalue weighted by Gasteiger charge is 1.99. The summed E-state index contributed by atoms with van der Waals surface area (Å²) in [7, 11) is 0. The average Bonchev–Trinajstić information content (AvgIpc) is 2.44. The van der Waals surface area contributed by atoms with Crippen molar-refractivity contribution < 1.29 is 0 Å². The molecule has 70 valence electrons. The van der Waals surface area contributed by atoms with Crippen molar-refractivity contribution in [3.8, 4) is 0 Å². The highest BCUT2D eigenvalue weighted by Crippen LogP contribution is 2.19. The van der Waals surface area contributed by atoms with Gasteiger partial charge in [0.1, 0.15) is 0 Å². The lowest BCUT2D eigenvalue weighted by atomic mass is 10.1. The van der Waals surface area contributed by atoms with Gasteiger partial charge in [0, 0.05) is 0 Å². The SMILES string of the molecule is CC1C=CC=C(c2ccccc2)C=C1. The Morgan fingerprint density at radius 1 is 1.00 bits per heavy atom. The highest BCUT2D eigenvalue weighted by atomic mass is 14.0. The smallest absolute Gasteiger partial charge is 0.00754 e. The van der Waals surface area contributed by atoms with Crippen molar-refractivity contribution >= 4 is 5.57 Å². The monoisotopic (exact) mass is 182 g/mol. The molecule has 0 aromatic heterocycles. The Bertz CT molecular complexity index is 380. The Morgan fingerprint density at radius 2 is 1.79 bits per heavy atom. The predicted octanol–water partition coefficient (Wildman–Crippen LogP) is 3.83. The van der Waals surface area contributed by atoms with E-state index in [0.29, 0.717) is 5.92 Å². The van der Waals surface area contributed by atoms with Crippen molar-refractivity contribution in [1.29, 1.82) is 0 Å². The summed E-state index contributed by atoms with van der Waals surface area (Å²) in [4.78, 5) is 0. The third-order valence-corrected chi connectivity index (χ3v) is 2.38. The molecule has 1 aliphatic carbocycles. The third-order valence-electron chi connectivity index (χ3n) is 2.38. The van der Waals surface area contributed by atoms with Crippen LogP contribution in [0.4, 0.5) is 0 Å². The molecular weight excluding hydrogens is 168 g/mol. The molecule has 0 saturated carbocycles. The van der Waals surface area contributed by atoms with Gasteiger partial charge < -0.3 is 0 Å². The summed E-state index contributed by atoms with van der Waals surface area (Å²) >= 11 is 0. The van der Waals surface area contributed by atoms with Crippen molar-refractivity contribution in [2.24, 2.45) is 5.92 Å². The van der Waals surface area contributed by atoms with Gasteiger partial charge in [0.2, 0.25) is 0 Å². The maximum absolute atomic E-state index is 2.22. The minimum absolute atomic E-state index is 0.535. The van der Waals surface area contributed by atoms with E-state index in [4.69, 9.17) is 0 Å². The molecule has 0 spiro atoms. The van der Waals surface area contributed by atoms with E-state index < -0.39 is 0 Å². The van der Waals surface area contributed by atoms with E-state index in [1.807, 2.05) is 6.07 Å². The number of hydrogen-bond acceptors (Lipinski definition) is 0. The maximum Gasteiger partial charge on any atom is -0.00754 e. The largest absolute Gasteiger partial charge is 0.0779 e. The second-order valence-electron chi connectivity index (χ2n) is 3.59. The highest BCUT2D eigenvalue weighted by molar-refractivity contribution is 5.75. The Labute approximate surface area is 85.3 Å². The second-order valence-corrected chi connectivity index (χ2v) is 3.59. The first-order valence-electron chi connectivity index (χ1n) is 4.98. The topological polar surface area (TPSA) is 0 Å². The Hall–Kier alpha value is -1.56. The first-order valence-corrected chi connectivity index (χ1v) is 4.98. The lowest BCUT2D eigenvalue weighted by molar-refractivity contribution is 0.943. The van der Waals surface area contributed by atoms with Crippen LogP contribution in [0.5, 0.6) is 0 Å². The van der Waals surface area contributed by atoms with Gasteiger partial charge >= 0.3 is 0 Å². The quantitative estimate of drug-likeness (QED) is 0.619. The van der Waals surface area contributed by atoms with E-state index in [2.05, 4.69) is 61.6 Å². The minimum atomic E-state index is 0.535. The summed E-state index contributed by atoms with van der Waals surface area (Å²) in [6.07, 6.45) is 10.9. The van der Waals surface area contributed by atoms with Crippen LogP contribution in [-0.4, -0.2) is 0 Å². The molecule has 0 aliphatic heterocycles. The first kappa shape index (κ1) is 9.01. The van der Waals surface area contributed by atoms with E-state index in [0.717, 1.165) is 0 Å². The molecule has 0 radical (unpaired) electrons. The summed E-state index contributed by atoms with van der Waals surface area (Å²) in [5, 5.41) is 0. The molecular formula is C14H14. The molecule has 0 nitrogen and oxygen atoms in total. The van der Waals surface area contributed by atoms with Gasteiger partial charge in [-0.15, -0.1) is 0 Å². The number of benzene rings is 1. The molecule has 0 amide bonds. The van der Waals surface area contributed by atoms with Crippen LogP contribution < -0.4 is 0 Å². The lowest BCUT2D eigenvalue weighted by Gasteiger charge is -2.00. The van der Waals surface area contributed by atoms with Gasteiger partial charge in [-0.1, -0.05) is 67.6 Å². The summed E-state index contributed by atoms with van der Waals surface area (Å²) in [6, 6.07) is 10.5. The van der Waals surface area contributed by atoms with E-state index in [1.54, 1.807) is 0 Å². The fourth-order valence-electron chi connectivity index (χ4n) is 1.53. The van der Waals surface area contributed by atoms with Gasteiger partial charge in [-0.25, -0.2) is 0 Å². The number of rotatable bonds is 1. The van der Waals surface area contributed by atoms with Gasteiger partial charge in [-0.2, -0.15) is 0 Å². The zero-order valence-electron chi connectivity index (χ0n) is 8.35. The molecule has 1 atom stereocenters. The van der Waals surface area contributed by atoms with E-state index in [-0.39, 0.29) is 0 Å². The van der Waals surface area contributed by atoms with Crippen LogP contribution in [0.25, 0.3) is 5.57 Å². The standard InChI is InChI=1S/C14H14/c1-12-6-5-9-14(11-10-12)13-7-3-2-4-8-13/h2-12H,1H3. The van der Waals surface area contributed by atoms with Crippen molar-refractivity contribution in [2.75, 3.05) is 0 Å². The average molecular weight is 182 g/mol. The fraction of sp³-hybridized carbons (Fsp3) is 0.143. The van der Waals surface area contributed by atoms with Crippen LogP contribution in [0.3, 0.4) is 0 Å². The molecule has 0 bridgehead atoms. The summed E-state index contributed by atoms with van der Waals surface area (Å²) in [5.74, 6) is 0.535. The maximum atomic E-state index is 2.22. The van der Waals surface area contributed by atoms with Crippen LogP contribution in [0.2, 0.25) is 0 Å². The molecule has 0 heterocycles. The predicted molar refractivity (Wildman–Crippen MR) is 61.9 cm³/mol. The Morgan fingerprint density at radius 3 is 2.57 bits per heavy atom. The number of allylic oxidation sites excluding steroid dienone is 6. The molecule has 2 rings (SSSR count). The Kier molecular flexibility index (Phi) is 2.64. The normalized spacial score (nSPS) is 20.4. The third kappa shape index (κ3) is 2.02. The molecule has 0 fully saturated rings. The van der Waals surface area contributed by atoms with Crippen LogP contribution in [-0.2, 0) is 0 Å². The lowest BCUT2D eigenvalue weighted by Crippen LogP contribution is -1.80. The summed E-state index contributed by atoms with van der Waals surface area (Å²) in [6.45, 7) is 2.19. The molecule has 0 heteroatoms. The van der Waals surface area contributed by atoms with Gasteiger partial charge in [0.05, 0.1) is 0 Å². The zero-order valence-corrected chi connectivity index (χ0v) is 8.35. The van der Waals surface area contributed by atoms with Gasteiger partial charge in [0.15, 0.2) is 0 Å². The number of hydrogen-bond donors (Lipinski definition) is 0. The van der Waals surface area contributed by atoms with Crippen molar-refractivity contribution in [1.82, 2.24) is 0 Å². The molecule has 0 saturated heterocycles. The molecule has 1 aliphatic rings. The fourth-order valence-corrected chi connectivity index (χ4v) is 1.53. The van der Waals surface area contributed by atoms with Crippen LogP contribution >= 0.6 is 0 Å². The minimum Gasteiger partial charge on any atom is -0.0779 e. The Balaban J connectivity index is 2.33. The van der Waals surface area contributed by atoms with Crippen LogP contribution in [0.1, 0.15) is 12.5 Å². The van der Waals surface area contributed by atoms with Crippen molar-refractivity contribution in [3.63, 3.8) is 0 Å².